The first-order valence-corrected chi connectivity index (χ1v) is 14.9. The molecule has 0 bridgehead atoms. The zero-order valence-electron chi connectivity index (χ0n) is 21.3. The van der Waals surface area contributed by atoms with Gasteiger partial charge in [0.15, 0.2) is 0 Å². The van der Waals surface area contributed by atoms with Crippen molar-refractivity contribution < 1.29 is 19.1 Å². The molecule has 2 aromatic carbocycles. The minimum Gasteiger partial charge on any atom is -0.379 e. The standard InChI is InChI=1S/C27H31Cl3N4O4S/c28-19-4-1-3-18(13-19)16-32-24(35)15-23-26(37)34(27(39-23)21-6-5-20(29)14-22(21)30)17-25(36)31-7-2-8-33-9-11-38-12-10-33/h1,3-6,13-14,23,27H,2,7-12,15-17H2,(H,31,36)(H,32,35)/t23-,27-/m1/s1. The van der Waals surface area contributed by atoms with Crippen LogP contribution in [0.2, 0.25) is 15.1 Å². The highest BCUT2D eigenvalue weighted by atomic mass is 35.5. The quantitative estimate of drug-likeness (QED) is 0.371. The molecule has 210 valence electrons. The fraction of sp³-hybridized carbons (Fsp3) is 0.444. The Kier molecular flexibility index (Phi) is 11.2. The van der Waals surface area contributed by atoms with E-state index in [4.69, 9.17) is 39.5 Å². The third-order valence-electron chi connectivity index (χ3n) is 6.50. The van der Waals surface area contributed by atoms with Crippen molar-refractivity contribution in [1.82, 2.24) is 20.4 Å². The van der Waals surface area contributed by atoms with Crippen LogP contribution in [0.4, 0.5) is 0 Å². The maximum absolute atomic E-state index is 13.4. The number of benzene rings is 2. The van der Waals surface area contributed by atoms with Crippen LogP contribution in [0.1, 0.15) is 29.3 Å². The lowest BCUT2D eigenvalue weighted by Crippen LogP contribution is -2.42. The number of halogens is 3. The van der Waals surface area contributed by atoms with E-state index in [0.717, 1.165) is 44.8 Å². The molecule has 2 aromatic rings. The third-order valence-corrected chi connectivity index (χ3v) is 8.76. The molecule has 0 radical (unpaired) electrons. The Balaban J connectivity index is 1.36. The Morgan fingerprint density at radius 2 is 1.77 bits per heavy atom. The number of carbonyl (C=O) groups is 3. The largest absolute Gasteiger partial charge is 0.379 e. The predicted octanol–water partition coefficient (Wildman–Crippen LogP) is 4.13. The number of ether oxygens (including phenoxy) is 1. The van der Waals surface area contributed by atoms with Crippen molar-refractivity contribution in [3.63, 3.8) is 0 Å². The van der Waals surface area contributed by atoms with Gasteiger partial charge in [-0.05, 0) is 42.8 Å². The van der Waals surface area contributed by atoms with Gasteiger partial charge in [-0.3, -0.25) is 19.3 Å². The number of hydrogen-bond donors (Lipinski definition) is 2. The Morgan fingerprint density at radius 1 is 1.00 bits per heavy atom. The Labute approximate surface area is 247 Å². The van der Waals surface area contributed by atoms with Crippen LogP contribution in [0, 0.1) is 0 Å². The van der Waals surface area contributed by atoms with Gasteiger partial charge in [-0.15, -0.1) is 11.8 Å². The fourth-order valence-electron chi connectivity index (χ4n) is 4.48. The molecule has 0 aliphatic carbocycles. The van der Waals surface area contributed by atoms with Gasteiger partial charge in [0, 0.05) is 53.2 Å². The van der Waals surface area contributed by atoms with E-state index in [0.29, 0.717) is 33.7 Å². The van der Waals surface area contributed by atoms with Crippen LogP contribution in [-0.4, -0.2) is 78.7 Å². The van der Waals surface area contributed by atoms with Gasteiger partial charge < -0.3 is 20.3 Å². The fourth-order valence-corrected chi connectivity index (χ4v) is 6.76. The van der Waals surface area contributed by atoms with Gasteiger partial charge in [0.05, 0.1) is 18.5 Å². The van der Waals surface area contributed by atoms with Crippen molar-refractivity contribution in [3.8, 4) is 0 Å². The Morgan fingerprint density at radius 3 is 2.51 bits per heavy atom. The van der Waals surface area contributed by atoms with Gasteiger partial charge in [-0.25, -0.2) is 0 Å². The Hall–Kier alpha value is -2.01. The minimum atomic E-state index is -0.657. The van der Waals surface area contributed by atoms with Crippen molar-refractivity contribution in [3.05, 3.63) is 68.7 Å². The first-order valence-electron chi connectivity index (χ1n) is 12.8. The number of hydrogen-bond acceptors (Lipinski definition) is 6. The zero-order chi connectivity index (χ0) is 27.8. The van der Waals surface area contributed by atoms with Crippen molar-refractivity contribution in [2.24, 2.45) is 0 Å². The molecule has 0 spiro atoms. The van der Waals surface area contributed by atoms with Crippen LogP contribution < -0.4 is 10.6 Å². The van der Waals surface area contributed by atoms with E-state index >= 15 is 0 Å². The van der Waals surface area contributed by atoms with Crippen LogP contribution >= 0.6 is 46.6 Å². The Bertz CT molecular complexity index is 1180. The molecule has 0 aromatic heterocycles. The first-order chi connectivity index (χ1) is 18.8. The molecular weight excluding hydrogens is 583 g/mol. The van der Waals surface area contributed by atoms with Crippen LogP contribution in [-0.2, 0) is 25.7 Å². The van der Waals surface area contributed by atoms with Gasteiger partial charge in [0.25, 0.3) is 0 Å². The summed E-state index contributed by atoms with van der Waals surface area (Å²) < 4.78 is 5.36. The smallest absolute Gasteiger partial charge is 0.239 e. The van der Waals surface area contributed by atoms with Crippen LogP contribution in [0.15, 0.2) is 42.5 Å². The van der Waals surface area contributed by atoms with Crippen molar-refractivity contribution in [1.29, 1.82) is 0 Å². The zero-order valence-corrected chi connectivity index (χ0v) is 24.4. The average molecular weight is 614 g/mol. The summed E-state index contributed by atoms with van der Waals surface area (Å²) in [5.74, 6) is -0.805. The van der Waals surface area contributed by atoms with Gasteiger partial charge in [-0.2, -0.15) is 0 Å². The molecule has 39 heavy (non-hydrogen) atoms. The number of carbonyl (C=O) groups excluding carboxylic acids is 3. The lowest BCUT2D eigenvalue weighted by Gasteiger charge is -2.26. The highest BCUT2D eigenvalue weighted by Crippen LogP contribution is 2.46. The summed E-state index contributed by atoms with van der Waals surface area (Å²) in [5.41, 5.74) is 1.53. The predicted molar refractivity (Wildman–Crippen MR) is 155 cm³/mol. The number of amides is 3. The molecule has 2 heterocycles. The van der Waals surface area contributed by atoms with Crippen molar-refractivity contribution in [2.75, 3.05) is 45.9 Å². The molecular formula is C27H31Cl3N4O4S. The monoisotopic (exact) mass is 612 g/mol. The van der Waals surface area contributed by atoms with E-state index in [1.165, 1.54) is 16.7 Å². The van der Waals surface area contributed by atoms with E-state index < -0.39 is 10.6 Å². The summed E-state index contributed by atoms with van der Waals surface area (Å²) in [7, 11) is 0. The summed E-state index contributed by atoms with van der Waals surface area (Å²) in [6.07, 6.45) is 0.778. The molecule has 3 amide bonds. The summed E-state index contributed by atoms with van der Waals surface area (Å²) in [5, 5.41) is 6.04. The number of nitrogens with zero attached hydrogens (tertiary/aromatic N) is 2. The molecule has 2 N–H and O–H groups in total. The molecule has 2 fully saturated rings. The summed E-state index contributed by atoms with van der Waals surface area (Å²) in [4.78, 5) is 42.8. The van der Waals surface area contributed by atoms with E-state index in [-0.39, 0.29) is 30.7 Å². The lowest BCUT2D eigenvalue weighted by molar-refractivity contribution is -0.136. The molecule has 8 nitrogen and oxygen atoms in total. The van der Waals surface area contributed by atoms with E-state index in [2.05, 4.69) is 15.5 Å². The normalized spacial score (nSPS) is 19.8. The number of rotatable bonds is 11. The van der Waals surface area contributed by atoms with Crippen LogP contribution in [0.5, 0.6) is 0 Å². The molecule has 4 rings (SSSR count). The number of thioether (sulfide) groups is 1. The van der Waals surface area contributed by atoms with Gasteiger partial charge in [-0.1, -0.05) is 53.0 Å². The van der Waals surface area contributed by atoms with E-state index in [9.17, 15) is 14.4 Å². The van der Waals surface area contributed by atoms with E-state index in [1.807, 2.05) is 12.1 Å². The van der Waals surface area contributed by atoms with Crippen LogP contribution in [0.3, 0.4) is 0 Å². The highest BCUT2D eigenvalue weighted by molar-refractivity contribution is 8.01. The summed E-state index contributed by atoms with van der Waals surface area (Å²) >= 11 is 19.9. The summed E-state index contributed by atoms with van der Waals surface area (Å²) in [6, 6.07) is 12.3. The number of nitrogens with one attached hydrogen (secondary N) is 2. The average Bonchev–Trinajstić information content (AvgIpc) is 3.20. The third kappa shape index (κ3) is 8.74. The summed E-state index contributed by atoms with van der Waals surface area (Å²) in [6.45, 7) is 4.80. The molecule has 2 atom stereocenters. The molecule has 0 saturated carbocycles. The second-order valence-corrected chi connectivity index (χ2v) is 11.9. The van der Waals surface area contributed by atoms with Gasteiger partial charge in [0.1, 0.15) is 11.9 Å². The number of morpholine rings is 1. The molecule has 2 saturated heterocycles. The lowest BCUT2D eigenvalue weighted by atomic mass is 10.1. The minimum absolute atomic E-state index is 0.0244. The highest BCUT2D eigenvalue weighted by Gasteiger charge is 2.43. The molecule has 2 aliphatic rings. The van der Waals surface area contributed by atoms with Crippen molar-refractivity contribution >= 4 is 64.3 Å². The van der Waals surface area contributed by atoms with Crippen molar-refractivity contribution in [2.45, 2.75) is 30.0 Å². The van der Waals surface area contributed by atoms with Gasteiger partial charge in [0.2, 0.25) is 17.7 Å². The topological polar surface area (TPSA) is 91.0 Å². The first kappa shape index (κ1) is 30.0. The second kappa shape index (κ2) is 14.6. The molecule has 12 heteroatoms. The maximum Gasteiger partial charge on any atom is 0.239 e. The van der Waals surface area contributed by atoms with Gasteiger partial charge >= 0.3 is 0 Å². The second-order valence-electron chi connectivity index (χ2n) is 9.38. The maximum atomic E-state index is 13.4. The van der Waals surface area contributed by atoms with E-state index in [1.54, 1.807) is 30.3 Å². The van der Waals surface area contributed by atoms with Crippen LogP contribution in [0.25, 0.3) is 0 Å². The molecule has 0 unspecified atom stereocenters. The molecule has 2 aliphatic heterocycles. The SMILES string of the molecule is O=C(C[C@H]1S[C@H](c2ccc(Cl)cc2Cl)N(CC(=O)NCCCN2CCOCC2)C1=O)NCc1cccc(Cl)c1.